The zero-order chi connectivity index (χ0) is 32.6. The predicted octanol–water partition coefficient (Wildman–Crippen LogP) is -2.05. The molecule has 1 rings (SSSR count). The molecule has 250 valence electrons. The third kappa shape index (κ3) is 18.1. The van der Waals surface area contributed by atoms with E-state index < -0.39 is 30.3 Å². The van der Waals surface area contributed by atoms with Crippen LogP contribution in [0.2, 0.25) is 0 Å². The lowest BCUT2D eigenvalue weighted by Crippen LogP contribution is -2.37. The monoisotopic (exact) mass is 631 g/mol. The maximum atomic E-state index is 11.9. The Morgan fingerprint density at radius 2 is 1.39 bits per heavy atom. The molecule has 0 aliphatic carbocycles. The highest BCUT2D eigenvalue weighted by molar-refractivity contribution is 6.13. The number of rotatable bonds is 25. The van der Waals surface area contributed by atoms with E-state index in [1.165, 1.54) is 19.3 Å². The number of carbonyl (C=O) groups is 6. The molecule has 0 aromatic rings. The quantitative estimate of drug-likeness (QED) is 0.0418. The van der Waals surface area contributed by atoms with Crippen LogP contribution in [-0.2, 0) is 47.7 Å². The van der Waals surface area contributed by atoms with Crippen molar-refractivity contribution in [2.24, 2.45) is 0 Å². The van der Waals surface area contributed by atoms with Gasteiger partial charge in [-0.3, -0.25) is 28.9 Å². The molecule has 0 saturated heterocycles. The van der Waals surface area contributed by atoms with E-state index in [9.17, 15) is 28.8 Å². The van der Waals surface area contributed by atoms with Crippen molar-refractivity contribution in [3.8, 4) is 0 Å². The van der Waals surface area contributed by atoms with E-state index >= 15 is 0 Å². The summed E-state index contributed by atoms with van der Waals surface area (Å²) in [5, 5.41) is 19.5. The first-order valence-electron chi connectivity index (χ1n) is 14.4. The van der Waals surface area contributed by atoms with Gasteiger partial charge in [0.2, 0.25) is 17.7 Å². The van der Waals surface area contributed by atoms with Crippen molar-refractivity contribution in [1.29, 1.82) is 0 Å². The summed E-state index contributed by atoms with van der Waals surface area (Å²) in [5.41, 5.74) is 0. The van der Waals surface area contributed by atoms with E-state index in [2.05, 4.69) is 21.3 Å². The van der Waals surface area contributed by atoms with Crippen molar-refractivity contribution in [3.05, 3.63) is 12.2 Å². The van der Waals surface area contributed by atoms with Crippen molar-refractivity contribution in [2.45, 2.75) is 45.0 Å². The summed E-state index contributed by atoms with van der Waals surface area (Å²) in [7, 11) is 1.39. The average molecular weight is 632 g/mol. The molecule has 17 heteroatoms. The van der Waals surface area contributed by atoms with Gasteiger partial charge in [0.25, 0.3) is 11.8 Å². The minimum atomic E-state index is -0.824. The van der Waals surface area contributed by atoms with E-state index in [4.69, 9.17) is 28.8 Å². The first-order chi connectivity index (χ1) is 21.2. The van der Waals surface area contributed by atoms with Gasteiger partial charge in [0.15, 0.2) is 6.29 Å². The molecule has 0 bridgehead atoms. The molecule has 1 aliphatic rings. The van der Waals surface area contributed by atoms with Crippen LogP contribution in [0.3, 0.4) is 0 Å². The molecule has 5 N–H and O–H groups in total. The summed E-state index contributed by atoms with van der Waals surface area (Å²) in [6.45, 7) is 3.19. The summed E-state index contributed by atoms with van der Waals surface area (Å²) in [6.07, 6.45) is 1.05. The molecule has 0 radical (unpaired) electrons. The van der Waals surface area contributed by atoms with E-state index in [1.807, 2.05) is 6.92 Å². The normalized spacial score (nSPS) is 13.8. The number of hydrogen-bond donors (Lipinski definition) is 5. The van der Waals surface area contributed by atoms with Gasteiger partial charge in [0.05, 0.1) is 39.1 Å². The fourth-order valence-electron chi connectivity index (χ4n) is 3.40. The molecular formula is C27H45N5O12. The molecule has 1 heterocycles. The molecule has 2 atom stereocenters. The van der Waals surface area contributed by atoms with Gasteiger partial charge in [-0.05, 0) is 6.42 Å². The fourth-order valence-corrected chi connectivity index (χ4v) is 3.40. The summed E-state index contributed by atoms with van der Waals surface area (Å²) in [5.74, 6) is -1.73. The van der Waals surface area contributed by atoms with Gasteiger partial charge in [-0.15, -0.1) is 0 Å². The highest BCUT2D eigenvalue weighted by Gasteiger charge is 2.23. The second-order valence-electron chi connectivity index (χ2n) is 9.23. The minimum absolute atomic E-state index is 0.00704. The van der Waals surface area contributed by atoms with Gasteiger partial charge in [-0.2, -0.15) is 0 Å². The Hall–Kier alpha value is -3.64. The largest absolute Gasteiger partial charge is 0.444 e. The van der Waals surface area contributed by atoms with E-state index in [0.29, 0.717) is 6.42 Å². The Morgan fingerprint density at radius 3 is 2.00 bits per heavy atom. The lowest BCUT2D eigenvalue weighted by Gasteiger charge is -2.21. The highest BCUT2D eigenvalue weighted by Crippen LogP contribution is 2.05. The van der Waals surface area contributed by atoms with Gasteiger partial charge >= 0.3 is 6.09 Å². The number of carbonyl (C=O) groups excluding carboxylic acids is 6. The van der Waals surface area contributed by atoms with E-state index in [1.54, 1.807) is 0 Å². The Morgan fingerprint density at radius 1 is 0.795 bits per heavy atom. The molecular weight excluding hydrogens is 586 g/mol. The number of ether oxygens (including phenoxy) is 5. The third-order valence-electron chi connectivity index (χ3n) is 5.88. The second-order valence-corrected chi connectivity index (χ2v) is 9.23. The molecule has 2 unspecified atom stereocenters. The molecule has 0 aromatic heterocycles. The van der Waals surface area contributed by atoms with Crippen molar-refractivity contribution in [3.63, 3.8) is 0 Å². The topological polar surface area (TPSA) is 220 Å². The maximum absolute atomic E-state index is 11.9. The number of imide groups is 1. The summed E-state index contributed by atoms with van der Waals surface area (Å²) >= 11 is 0. The van der Waals surface area contributed by atoms with Gasteiger partial charge in [0.1, 0.15) is 6.61 Å². The van der Waals surface area contributed by atoms with Crippen LogP contribution in [0.4, 0.5) is 4.79 Å². The number of alkyl carbamates (subject to hydrolysis) is 1. The minimum Gasteiger partial charge on any atom is -0.444 e. The number of methoxy groups -OCH3 is 1. The van der Waals surface area contributed by atoms with Gasteiger partial charge in [0, 0.05) is 71.2 Å². The Balaban J connectivity index is 1.92. The lowest BCUT2D eigenvalue weighted by atomic mass is 10.3. The molecule has 0 saturated carbocycles. The average Bonchev–Trinajstić information content (AvgIpc) is 3.33. The molecule has 17 nitrogen and oxygen atoms in total. The van der Waals surface area contributed by atoms with Crippen LogP contribution in [0.1, 0.15) is 32.6 Å². The van der Waals surface area contributed by atoms with Crippen LogP contribution in [0.25, 0.3) is 0 Å². The van der Waals surface area contributed by atoms with Gasteiger partial charge < -0.3 is 50.1 Å². The molecule has 0 spiro atoms. The molecule has 0 fully saturated rings. The van der Waals surface area contributed by atoms with Crippen molar-refractivity contribution < 1.29 is 57.6 Å². The number of hydrogen-bond acceptors (Lipinski definition) is 12. The number of nitrogens with zero attached hydrogens (tertiary/aromatic N) is 1. The zero-order valence-electron chi connectivity index (χ0n) is 25.3. The van der Waals surface area contributed by atoms with Crippen LogP contribution in [0, 0.1) is 0 Å². The van der Waals surface area contributed by atoms with E-state index in [0.717, 1.165) is 4.90 Å². The maximum Gasteiger partial charge on any atom is 0.407 e. The Kier molecular flexibility index (Phi) is 20.7. The van der Waals surface area contributed by atoms with Gasteiger partial charge in [-0.25, -0.2) is 4.79 Å². The first kappa shape index (κ1) is 38.4. The third-order valence-corrected chi connectivity index (χ3v) is 5.88. The summed E-state index contributed by atoms with van der Waals surface area (Å²) < 4.78 is 26.1. The molecule has 6 amide bonds. The van der Waals surface area contributed by atoms with Crippen molar-refractivity contribution in [1.82, 2.24) is 26.2 Å². The predicted molar refractivity (Wildman–Crippen MR) is 153 cm³/mol. The van der Waals surface area contributed by atoms with Crippen LogP contribution in [0.15, 0.2) is 12.2 Å². The number of amides is 6. The first-order valence-corrected chi connectivity index (χ1v) is 14.4. The number of aliphatic hydroxyl groups is 1. The SMILES string of the molecule is CCC(CO)OC(COC(=O)NCCC(=O)NCCNC(=O)CCOCCOCCNC(=O)CCN1C(=O)C=CC1=O)OC. The Labute approximate surface area is 256 Å². The van der Waals surface area contributed by atoms with Crippen LogP contribution >= 0.6 is 0 Å². The summed E-state index contributed by atoms with van der Waals surface area (Å²) in [6, 6.07) is 0. The van der Waals surface area contributed by atoms with Crippen LogP contribution < -0.4 is 21.3 Å². The van der Waals surface area contributed by atoms with Crippen molar-refractivity contribution >= 4 is 35.6 Å². The Bertz CT molecular complexity index is 926. The summed E-state index contributed by atoms with van der Waals surface area (Å²) in [4.78, 5) is 71.1. The highest BCUT2D eigenvalue weighted by atomic mass is 16.7. The fraction of sp³-hybridized carbons (Fsp3) is 0.704. The lowest BCUT2D eigenvalue weighted by molar-refractivity contribution is -0.181. The number of nitrogens with one attached hydrogen (secondary N) is 4. The molecule has 0 aromatic carbocycles. The molecule has 44 heavy (non-hydrogen) atoms. The zero-order valence-corrected chi connectivity index (χ0v) is 25.3. The standard InChI is InChI=1S/C27H45N5O12/c1-3-20(18-33)44-26(40-2)19-43-27(39)31-9-6-21(34)28-10-11-29-23(36)8-14-41-16-17-42-15-12-30-22(35)7-13-32-24(37)4-5-25(32)38/h4-5,20,26,33H,3,6-19H2,1-2H3,(H,28,34)(H,29,36)(H,30,35)(H,31,39). The van der Waals surface area contributed by atoms with Crippen molar-refractivity contribution in [2.75, 3.05) is 79.5 Å². The number of aliphatic hydroxyl groups excluding tert-OH is 1. The van der Waals surface area contributed by atoms with Gasteiger partial charge in [-0.1, -0.05) is 6.92 Å². The van der Waals surface area contributed by atoms with Crippen LogP contribution in [0.5, 0.6) is 0 Å². The second kappa shape index (κ2) is 23.8. The van der Waals surface area contributed by atoms with E-state index in [-0.39, 0.29) is 109 Å². The van der Waals surface area contributed by atoms with Crippen LogP contribution in [-0.4, -0.2) is 138 Å². The smallest absolute Gasteiger partial charge is 0.407 e. The molecule has 1 aliphatic heterocycles.